The summed E-state index contributed by atoms with van der Waals surface area (Å²) in [5.41, 5.74) is 2.60. The zero-order chi connectivity index (χ0) is 16.9. The Morgan fingerprint density at radius 1 is 1.29 bits per heavy atom. The number of hydrogen-bond donors (Lipinski definition) is 2. The Kier molecular flexibility index (Phi) is 5.48. The van der Waals surface area contributed by atoms with Crippen LogP contribution in [0, 0.1) is 0 Å². The van der Waals surface area contributed by atoms with Crippen LogP contribution in [-0.4, -0.2) is 61.3 Å². The van der Waals surface area contributed by atoms with Gasteiger partial charge in [0, 0.05) is 25.6 Å². The molecule has 1 aromatic rings. The van der Waals surface area contributed by atoms with Crippen molar-refractivity contribution >= 4 is 11.9 Å². The highest BCUT2D eigenvalue weighted by Crippen LogP contribution is 2.31. The van der Waals surface area contributed by atoms with E-state index in [0.717, 1.165) is 37.9 Å². The van der Waals surface area contributed by atoms with E-state index in [-0.39, 0.29) is 11.8 Å². The van der Waals surface area contributed by atoms with Crippen molar-refractivity contribution in [3.63, 3.8) is 0 Å². The number of nitrogens with zero attached hydrogens (tertiary/aromatic N) is 1. The van der Waals surface area contributed by atoms with E-state index < -0.39 is 5.97 Å². The molecule has 3 rings (SSSR count). The number of carbonyl (C=O) groups is 2. The smallest absolute Gasteiger partial charge is 0.335 e. The molecule has 6 nitrogen and oxygen atoms in total. The Balaban J connectivity index is 1.59. The summed E-state index contributed by atoms with van der Waals surface area (Å²) in [5.74, 6) is -0.682. The van der Waals surface area contributed by atoms with Gasteiger partial charge in [0.15, 0.2) is 0 Å². The maximum absolute atomic E-state index is 12.2. The molecule has 1 aliphatic carbocycles. The van der Waals surface area contributed by atoms with Crippen molar-refractivity contribution in [2.75, 3.05) is 39.4 Å². The molecular weight excluding hydrogens is 308 g/mol. The number of fused-ring (bicyclic) bond motifs is 1. The van der Waals surface area contributed by atoms with Crippen LogP contribution in [0.5, 0.6) is 0 Å². The summed E-state index contributed by atoms with van der Waals surface area (Å²) in [7, 11) is 0. The number of rotatable bonds is 5. The number of benzene rings is 1. The van der Waals surface area contributed by atoms with E-state index in [2.05, 4.69) is 10.2 Å². The van der Waals surface area contributed by atoms with E-state index in [4.69, 9.17) is 4.74 Å². The van der Waals surface area contributed by atoms with Gasteiger partial charge in [-0.2, -0.15) is 0 Å². The fourth-order valence-corrected chi connectivity index (χ4v) is 3.50. The lowest BCUT2D eigenvalue weighted by Crippen LogP contribution is -2.44. The van der Waals surface area contributed by atoms with Gasteiger partial charge in [0.2, 0.25) is 5.91 Å². The van der Waals surface area contributed by atoms with Crippen LogP contribution < -0.4 is 5.32 Å². The van der Waals surface area contributed by atoms with Gasteiger partial charge in [-0.3, -0.25) is 9.69 Å². The average Bonchev–Trinajstić information content (AvgIpc) is 2.60. The van der Waals surface area contributed by atoms with Crippen LogP contribution in [0.15, 0.2) is 18.2 Å². The molecule has 6 heteroatoms. The minimum Gasteiger partial charge on any atom is -0.478 e. The first kappa shape index (κ1) is 16.9. The monoisotopic (exact) mass is 332 g/mol. The van der Waals surface area contributed by atoms with E-state index in [1.165, 1.54) is 5.56 Å². The minimum absolute atomic E-state index is 0.0263. The number of aromatic carboxylic acids is 1. The number of carboxylic acid groups (broad SMARTS) is 1. The second kappa shape index (κ2) is 7.77. The Labute approximate surface area is 141 Å². The summed E-state index contributed by atoms with van der Waals surface area (Å²) in [6, 6.07) is 5.36. The highest BCUT2D eigenvalue weighted by Gasteiger charge is 2.22. The molecule has 1 atom stereocenters. The molecule has 24 heavy (non-hydrogen) atoms. The van der Waals surface area contributed by atoms with Crippen LogP contribution in [0.4, 0.5) is 0 Å². The van der Waals surface area contributed by atoms with Crippen molar-refractivity contribution in [2.45, 2.75) is 25.2 Å². The standard InChI is InChI=1S/C18H24N2O4/c21-17(12-20-6-8-24-9-7-20)19-11-15-3-1-2-13-4-5-14(18(22)23)10-16(13)15/h4-5,10,15H,1-3,6-9,11-12H2,(H,19,21)(H,22,23). The SMILES string of the molecule is O=C(CN1CCOCC1)NCC1CCCc2ccc(C(=O)O)cc21. The van der Waals surface area contributed by atoms with Gasteiger partial charge in [0.1, 0.15) is 0 Å². The number of aryl methyl sites for hydroxylation is 1. The molecule has 1 aromatic carbocycles. The summed E-state index contributed by atoms with van der Waals surface area (Å²) in [6.07, 6.45) is 3.03. The van der Waals surface area contributed by atoms with E-state index in [1.807, 2.05) is 6.07 Å². The molecule has 130 valence electrons. The summed E-state index contributed by atoms with van der Waals surface area (Å²) in [5, 5.41) is 12.2. The summed E-state index contributed by atoms with van der Waals surface area (Å²) < 4.78 is 5.28. The number of carbonyl (C=O) groups excluding carboxylic acids is 1. The first-order valence-corrected chi connectivity index (χ1v) is 8.56. The minimum atomic E-state index is -0.904. The first-order chi connectivity index (χ1) is 11.6. The molecule has 0 aromatic heterocycles. The second-order valence-corrected chi connectivity index (χ2v) is 6.50. The van der Waals surface area contributed by atoms with Crippen LogP contribution in [0.2, 0.25) is 0 Å². The number of hydrogen-bond acceptors (Lipinski definition) is 4. The third kappa shape index (κ3) is 4.13. The van der Waals surface area contributed by atoms with E-state index >= 15 is 0 Å². The highest BCUT2D eigenvalue weighted by molar-refractivity contribution is 5.88. The maximum atomic E-state index is 12.2. The van der Waals surface area contributed by atoms with Crippen LogP contribution >= 0.6 is 0 Å². The fourth-order valence-electron chi connectivity index (χ4n) is 3.50. The fraction of sp³-hybridized carbons (Fsp3) is 0.556. The molecular formula is C18H24N2O4. The Morgan fingerprint density at radius 3 is 2.83 bits per heavy atom. The van der Waals surface area contributed by atoms with Gasteiger partial charge in [-0.25, -0.2) is 4.79 Å². The lowest BCUT2D eigenvalue weighted by atomic mass is 9.82. The van der Waals surface area contributed by atoms with Crippen molar-refractivity contribution in [1.82, 2.24) is 10.2 Å². The van der Waals surface area contributed by atoms with Crippen LogP contribution in [0.1, 0.15) is 40.2 Å². The van der Waals surface area contributed by atoms with Gasteiger partial charge in [-0.15, -0.1) is 0 Å². The molecule has 0 radical (unpaired) electrons. The second-order valence-electron chi connectivity index (χ2n) is 6.50. The summed E-state index contributed by atoms with van der Waals surface area (Å²) >= 11 is 0. The van der Waals surface area contributed by atoms with Crippen molar-refractivity contribution in [3.8, 4) is 0 Å². The quantitative estimate of drug-likeness (QED) is 0.848. The van der Waals surface area contributed by atoms with Gasteiger partial charge in [0.25, 0.3) is 0 Å². The summed E-state index contributed by atoms with van der Waals surface area (Å²) in [6.45, 7) is 3.92. The molecule has 1 saturated heterocycles. The third-order valence-electron chi connectivity index (χ3n) is 4.85. The van der Waals surface area contributed by atoms with Crippen LogP contribution in [0.3, 0.4) is 0 Å². The van der Waals surface area contributed by atoms with Gasteiger partial charge < -0.3 is 15.2 Å². The molecule has 0 saturated carbocycles. The van der Waals surface area contributed by atoms with E-state index in [1.54, 1.807) is 12.1 Å². The van der Waals surface area contributed by atoms with E-state index in [0.29, 0.717) is 31.9 Å². The molecule has 1 amide bonds. The number of carboxylic acids is 1. The average molecular weight is 332 g/mol. The Bertz CT molecular complexity index is 611. The van der Waals surface area contributed by atoms with Crippen molar-refractivity contribution in [2.24, 2.45) is 0 Å². The van der Waals surface area contributed by atoms with Crippen LogP contribution in [-0.2, 0) is 16.0 Å². The normalized spacial score (nSPS) is 21.1. The van der Waals surface area contributed by atoms with Gasteiger partial charge in [0.05, 0.1) is 25.3 Å². The van der Waals surface area contributed by atoms with E-state index in [9.17, 15) is 14.7 Å². The van der Waals surface area contributed by atoms with Crippen molar-refractivity contribution < 1.29 is 19.4 Å². The predicted molar refractivity (Wildman–Crippen MR) is 89.3 cm³/mol. The predicted octanol–water partition coefficient (Wildman–Crippen LogP) is 1.25. The molecule has 2 N–H and O–H groups in total. The first-order valence-electron chi connectivity index (χ1n) is 8.56. The molecule has 1 fully saturated rings. The molecule has 1 heterocycles. The zero-order valence-corrected chi connectivity index (χ0v) is 13.8. The van der Waals surface area contributed by atoms with Crippen LogP contribution in [0.25, 0.3) is 0 Å². The van der Waals surface area contributed by atoms with Crippen molar-refractivity contribution in [3.05, 3.63) is 34.9 Å². The molecule has 0 bridgehead atoms. The Morgan fingerprint density at radius 2 is 2.08 bits per heavy atom. The maximum Gasteiger partial charge on any atom is 0.335 e. The number of ether oxygens (including phenoxy) is 1. The zero-order valence-electron chi connectivity index (χ0n) is 13.8. The summed E-state index contributed by atoms with van der Waals surface area (Å²) in [4.78, 5) is 25.4. The van der Waals surface area contributed by atoms with Gasteiger partial charge in [-0.1, -0.05) is 6.07 Å². The van der Waals surface area contributed by atoms with Gasteiger partial charge in [-0.05, 0) is 42.5 Å². The number of nitrogens with one attached hydrogen (secondary N) is 1. The lowest BCUT2D eigenvalue weighted by molar-refractivity contribution is -0.123. The molecule has 1 aliphatic heterocycles. The molecule has 1 unspecified atom stereocenters. The number of morpholine rings is 1. The lowest BCUT2D eigenvalue weighted by Gasteiger charge is -2.28. The molecule has 2 aliphatic rings. The number of amides is 1. The topological polar surface area (TPSA) is 78.9 Å². The highest BCUT2D eigenvalue weighted by atomic mass is 16.5. The Hall–Kier alpha value is -1.92. The largest absolute Gasteiger partial charge is 0.478 e. The third-order valence-corrected chi connectivity index (χ3v) is 4.85. The van der Waals surface area contributed by atoms with Gasteiger partial charge >= 0.3 is 5.97 Å². The van der Waals surface area contributed by atoms with Crippen molar-refractivity contribution in [1.29, 1.82) is 0 Å². The molecule has 0 spiro atoms.